The number of carbonyl (C=O) groups excluding carboxylic acids is 1. The topological polar surface area (TPSA) is 63.6 Å². The SMILES string of the molecule is C=C(CCC(=O)O)C(=O)OCCC. The Morgan fingerprint density at radius 1 is 1.38 bits per heavy atom. The van der Waals surface area contributed by atoms with Crippen molar-refractivity contribution in [2.24, 2.45) is 0 Å². The lowest BCUT2D eigenvalue weighted by Gasteiger charge is -2.03. The molecule has 13 heavy (non-hydrogen) atoms. The molecule has 4 heteroatoms. The van der Waals surface area contributed by atoms with Gasteiger partial charge in [0.15, 0.2) is 0 Å². The van der Waals surface area contributed by atoms with Crippen LogP contribution >= 0.6 is 0 Å². The lowest BCUT2D eigenvalue weighted by atomic mass is 10.2. The summed E-state index contributed by atoms with van der Waals surface area (Å²) in [5.41, 5.74) is 0.218. The van der Waals surface area contributed by atoms with Gasteiger partial charge in [-0.2, -0.15) is 0 Å². The first-order valence-corrected chi connectivity index (χ1v) is 4.14. The van der Waals surface area contributed by atoms with Crippen molar-refractivity contribution in [1.29, 1.82) is 0 Å². The molecule has 0 aliphatic rings. The van der Waals surface area contributed by atoms with Crippen molar-refractivity contribution in [1.82, 2.24) is 0 Å². The summed E-state index contributed by atoms with van der Waals surface area (Å²) >= 11 is 0. The van der Waals surface area contributed by atoms with E-state index in [0.29, 0.717) is 6.61 Å². The van der Waals surface area contributed by atoms with Gasteiger partial charge in [-0.15, -0.1) is 0 Å². The first kappa shape index (κ1) is 11.7. The Morgan fingerprint density at radius 3 is 2.46 bits per heavy atom. The van der Waals surface area contributed by atoms with Crippen LogP contribution in [0.3, 0.4) is 0 Å². The van der Waals surface area contributed by atoms with Crippen molar-refractivity contribution in [2.75, 3.05) is 6.61 Å². The maximum atomic E-state index is 11.0. The lowest BCUT2D eigenvalue weighted by molar-refractivity contribution is -0.139. The third kappa shape index (κ3) is 5.90. The summed E-state index contributed by atoms with van der Waals surface area (Å²) in [4.78, 5) is 21.1. The predicted octanol–water partition coefficient (Wildman–Crippen LogP) is 1.36. The number of ether oxygens (including phenoxy) is 1. The first-order valence-electron chi connectivity index (χ1n) is 4.14. The largest absolute Gasteiger partial charge is 0.481 e. The fourth-order valence-electron chi connectivity index (χ4n) is 0.657. The van der Waals surface area contributed by atoms with E-state index in [9.17, 15) is 9.59 Å². The summed E-state index contributed by atoms with van der Waals surface area (Å²) in [6.07, 6.45) is 0.815. The number of carboxylic acid groups (broad SMARTS) is 1. The molecule has 4 nitrogen and oxygen atoms in total. The maximum Gasteiger partial charge on any atom is 0.333 e. The molecule has 0 aromatic rings. The fourth-order valence-corrected chi connectivity index (χ4v) is 0.657. The Labute approximate surface area is 77.2 Å². The van der Waals surface area contributed by atoms with E-state index in [-0.39, 0.29) is 18.4 Å². The van der Waals surface area contributed by atoms with Gasteiger partial charge in [0.25, 0.3) is 0 Å². The van der Waals surface area contributed by atoms with Crippen LogP contribution in [0.1, 0.15) is 26.2 Å². The molecule has 0 aromatic carbocycles. The highest BCUT2D eigenvalue weighted by molar-refractivity contribution is 5.88. The molecule has 0 aliphatic carbocycles. The minimum absolute atomic E-state index is 0.0833. The Hall–Kier alpha value is -1.32. The van der Waals surface area contributed by atoms with Crippen LogP contribution in [0.25, 0.3) is 0 Å². The van der Waals surface area contributed by atoms with Crippen LogP contribution in [0.2, 0.25) is 0 Å². The van der Waals surface area contributed by atoms with E-state index in [1.807, 2.05) is 6.92 Å². The highest BCUT2D eigenvalue weighted by Gasteiger charge is 2.09. The Bertz CT molecular complexity index is 208. The molecule has 0 amide bonds. The summed E-state index contributed by atoms with van der Waals surface area (Å²) in [5, 5.41) is 8.33. The van der Waals surface area contributed by atoms with Gasteiger partial charge in [0.2, 0.25) is 0 Å². The van der Waals surface area contributed by atoms with Gasteiger partial charge < -0.3 is 9.84 Å². The zero-order valence-electron chi connectivity index (χ0n) is 7.71. The predicted molar refractivity (Wildman–Crippen MR) is 47.3 cm³/mol. The molecule has 0 aliphatic heterocycles. The molecule has 0 saturated heterocycles. The van der Waals surface area contributed by atoms with E-state index in [0.717, 1.165) is 6.42 Å². The van der Waals surface area contributed by atoms with E-state index in [1.54, 1.807) is 0 Å². The molecule has 0 spiro atoms. The van der Waals surface area contributed by atoms with Gasteiger partial charge in [0.1, 0.15) is 0 Å². The molecule has 0 aromatic heterocycles. The van der Waals surface area contributed by atoms with E-state index >= 15 is 0 Å². The van der Waals surface area contributed by atoms with Crippen LogP contribution in [-0.4, -0.2) is 23.7 Å². The summed E-state index contributed by atoms with van der Waals surface area (Å²) in [7, 11) is 0. The average Bonchev–Trinajstić information content (AvgIpc) is 2.10. The summed E-state index contributed by atoms with van der Waals surface area (Å²) in [6.45, 7) is 5.68. The van der Waals surface area contributed by atoms with Gasteiger partial charge in [-0.1, -0.05) is 13.5 Å². The molecule has 1 N–H and O–H groups in total. The normalized spacial score (nSPS) is 9.31. The highest BCUT2D eigenvalue weighted by Crippen LogP contribution is 2.04. The van der Waals surface area contributed by atoms with Gasteiger partial charge in [0, 0.05) is 12.0 Å². The van der Waals surface area contributed by atoms with Crippen LogP contribution < -0.4 is 0 Å². The summed E-state index contributed by atoms with van der Waals surface area (Å²) < 4.78 is 4.75. The lowest BCUT2D eigenvalue weighted by Crippen LogP contribution is -2.09. The quantitative estimate of drug-likeness (QED) is 0.502. The second-order valence-electron chi connectivity index (χ2n) is 2.63. The van der Waals surface area contributed by atoms with Gasteiger partial charge in [0.05, 0.1) is 6.61 Å². The Morgan fingerprint density at radius 2 is 2.00 bits per heavy atom. The summed E-state index contributed by atoms with van der Waals surface area (Å²) in [6, 6.07) is 0. The van der Waals surface area contributed by atoms with E-state index in [2.05, 4.69) is 6.58 Å². The van der Waals surface area contributed by atoms with Crippen LogP contribution in [0.5, 0.6) is 0 Å². The monoisotopic (exact) mass is 186 g/mol. The van der Waals surface area contributed by atoms with Crippen molar-refractivity contribution < 1.29 is 19.4 Å². The second-order valence-corrected chi connectivity index (χ2v) is 2.63. The molecular weight excluding hydrogens is 172 g/mol. The zero-order valence-corrected chi connectivity index (χ0v) is 7.71. The van der Waals surface area contributed by atoms with E-state index in [4.69, 9.17) is 9.84 Å². The van der Waals surface area contributed by atoms with Crippen molar-refractivity contribution in [2.45, 2.75) is 26.2 Å². The number of aliphatic carboxylic acids is 1. The standard InChI is InChI=1S/C9H14O4/c1-3-6-13-9(12)7(2)4-5-8(10)11/h2-6H2,1H3,(H,10,11). The number of hydrogen-bond donors (Lipinski definition) is 1. The molecule has 0 fully saturated rings. The number of hydrogen-bond acceptors (Lipinski definition) is 3. The van der Waals surface area contributed by atoms with Crippen LogP contribution in [0.4, 0.5) is 0 Å². The second kappa shape index (κ2) is 6.22. The minimum Gasteiger partial charge on any atom is -0.481 e. The zero-order chi connectivity index (χ0) is 10.3. The smallest absolute Gasteiger partial charge is 0.333 e. The maximum absolute atomic E-state index is 11.0. The third-order valence-corrected chi connectivity index (χ3v) is 1.37. The molecule has 0 rings (SSSR count). The Balaban J connectivity index is 3.70. The molecule has 0 radical (unpaired) electrons. The number of carbonyl (C=O) groups is 2. The molecule has 0 saturated carbocycles. The molecule has 0 bridgehead atoms. The fraction of sp³-hybridized carbons (Fsp3) is 0.556. The summed E-state index contributed by atoms with van der Waals surface area (Å²) in [5.74, 6) is -1.44. The van der Waals surface area contributed by atoms with Gasteiger partial charge in [-0.3, -0.25) is 4.79 Å². The first-order chi connectivity index (χ1) is 6.07. The molecule has 74 valence electrons. The highest BCUT2D eigenvalue weighted by atomic mass is 16.5. The van der Waals surface area contributed by atoms with Crippen molar-refractivity contribution in [3.05, 3.63) is 12.2 Å². The molecule has 0 heterocycles. The molecular formula is C9H14O4. The molecule has 0 unspecified atom stereocenters. The van der Waals surface area contributed by atoms with Crippen molar-refractivity contribution in [3.8, 4) is 0 Å². The Kier molecular flexibility index (Phi) is 5.59. The van der Waals surface area contributed by atoms with E-state index < -0.39 is 11.9 Å². The van der Waals surface area contributed by atoms with Gasteiger partial charge >= 0.3 is 11.9 Å². The average molecular weight is 186 g/mol. The van der Waals surface area contributed by atoms with Crippen molar-refractivity contribution >= 4 is 11.9 Å². The minimum atomic E-state index is -0.940. The third-order valence-electron chi connectivity index (χ3n) is 1.37. The van der Waals surface area contributed by atoms with Gasteiger partial charge in [-0.05, 0) is 12.8 Å². The van der Waals surface area contributed by atoms with Crippen LogP contribution in [0, 0.1) is 0 Å². The number of esters is 1. The molecule has 0 atom stereocenters. The van der Waals surface area contributed by atoms with Crippen LogP contribution in [0.15, 0.2) is 12.2 Å². The van der Waals surface area contributed by atoms with Crippen LogP contribution in [-0.2, 0) is 14.3 Å². The number of rotatable bonds is 6. The van der Waals surface area contributed by atoms with Crippen molar-refractivity contribution in [3.63, 3.8) is 0 Å². The van der Waals surface area contributed by atoms with Gasteiger partial charge in [-0.25, -0.2) is 4.79 Å². The van der Waals surface area contributed by atoms with E-state index in [1.165, 1.54) is 0 Å². The number of carboxylic acids is 1.